The zero-order valence-corrected chi connectivity index (χ0v) is 11.2. The molecule has 0 saturated heterocycles. The molecule has 2 N–H and O–H groups in total. The lowest BCUT2D eigenvalue weighted by Gasteiger charge is -2.25. The summed E-state index contributed by atoms with van der Waals surface area (Å²) in [6, 6.07) is 7.29. The second-order valence-electron chi connectivity index (χ2n) is 4.25. The van der Waals surface area contributed by atoms with E-state index < -0.39 is 6.17 Å². The first-order valence-electron chi connectivity index (χ1n) is 5.68. The summed E-state index contributed by atoms with van der Waals surface area (Å²) < 4.78 is 0. The third kappa shape index (κ3) is 3.07. The van der Waals surface area contributed by atoms with Crippen LogP contribution in [0.3, 0.4) is 0 Å². The van der Waals surface area contributed by atoms with Gasteiger partial charge in [0.15, 0.2) is 0 Å². The molecule has 18 heavy (non-hydrogen) atoms. The van der Waals surface area contributed by atoms with E-state index in [1.165, 1.54) is 23.6 Å². The number of benzene rings is 1. The van der Waals surface area contributed by atoms with Crippen molar-refractivity contribution in [2.24, 2.45) is 5.73 Å². The van der Waals surface area contributed by atoms with Gasteiger partial charge in [0.05, 0.1) is 0 Å². The van der Waals surface area contributed by atoms with E-state index in [4.69, 9.17) is 5.73 Å². The minimum Gasteiger partial charge on any atom is -0.326 e. The molecule has 5 heteroatoms. The van der Waals surface area contributed by atoms with Crippen LogP contribution in [0.1, 0.15) is 25.6 Å². The van der Waals surface area contributed by atoms with E-state index in [0.717, 1.165) is 11.3 Å². The number of hydrogen-bond acceptors (Lipinski definition) is 3. The Morgan fingerprint density at radius 1 is 1.17 bits per heavy atom. The maximum absolute atomic E-state index is 11.3. The fraction of sp³-hybridized carbons (Fsp3) is 0.385. The third-order valence-corrected chi connectivity index (χ3v) is 2.99. The van der Waals surface area contributed by atoms with Gasteiger partial charge in [-0.25, -0.2) is 0 Å². The second kappa shape index (κ2) is 5.64. The highest BCUT2D eigenvalue weighted by molar-refractivity contribution is 5.90. The van der Waals surface area contributed by atoms with Crippen LogP contribution in [0.25, 0.3) is 0 Å². The molecule has 0 aliphatic carbocycles. The minimum atomic E-state index is -0.511. The number of hydrogen-bond donors (Lipinski definition) is 1. The number of nitrogens with zero attached hydrogens (tertiary/aromatic N) is 2. The van der Waals surface area contributed by atoms with Crippen LogP contribution in [0.2, 0.25) is 0 Å². The van der Waals surface area contributed by atoms with Crippen LogP contribution in [0.4, 0.5) is 5.69 Å². The summed E-state index contributed by atoms with van der Waals surface area (Å²) in [5, 5.41) is 0. The Labute approximate surface area is 107 Å². The Morgan fingerprint density at radius 3 is 2.28 bits per heavy atom. The number of carbonyl (C=O) groups is 2. The normalized spacial score (nSPS) is 11.8. The average molecular weight is 249 g/mol. The number of anilines is 1. The number of nitrogens with two attached hydrogens (primary N) is 1. The molecule has 0 bridgehead atoms. The zero-order chi connectivity index (χ0) is 13.9. The van der Waals surface area contributed by atoms with Gasteiger partial charge < -0.3 is 15.5 Å². The Morgan fingerprint density at radius 2 is 1.78 bits per heavy atom. The van der Waals surface area contributed by atoms with Crippen LogP contribution in [0.15, 0.2) is 24.3 Å². The van der Waals surface area contributed by atoms with Gasteiger partial charge in [-0.1, -0.05) is 12.1 Å². The van der Waals surface area contributed by atoms with Crippen LogP contribution in [-0.2, 0) is 9.59 Å². The largest absolute Gasteiger partial charge is 0.326 e. The van der Waals surface area contributed by atoms with Gasteiger partial charge in [-0.2, -0.15) is 0 Å². The van der Waals surface area contributed by atoms with Gasteiger partial charge in [-0.3, -0.25) is 9.59 Å². The van der Waals surface area contributed by atoms with Crippen molar-refractivity contribution in [1.29, 1.82) is 0 Å². The van der Waals surface area contributed by atoms with Gasteiger partial charge in [0.2, 0.25) is 11.8 Å². The SMILES string of the molecule is CC(=O)N(C)c1cccc(C(N)N(C)C(C)=O)c1. The molecule has 1 rings (SSSR count). The van der Waals surface area contributed by atoms with E-state index >= 15 is 0 Å². The van der Waals surface area contributed by atoms with Crippen LogP contribution >= 0.6 is 0 Å². The van der Waals surface area contributed by atoms with Gasteiger partial charge in [0.1, 0.15) is 6.17 Å². The Hall–Kier alpha value is -1.88. The summed E-state index contributed by atoms with van der Waals surface area (Å²) in [7, 11) is 3.34. The molecule has 1 aromatic rings. The van der Waals surface area contributed by atoms with Gasteiger partial charge in [-0.15, -0.1) is 0 Å². The van der Waals surface area contributed by atoms with Crippen molar-refractivity contribution in [3.05, 3.63) is 29.8 Å². The fourth-order valence-electron chi connectivity index (χ4n) is 1.52. The van der Waals surface area contributed by atoms with Crippen LogP contribution < -0.4 is 10.6 Å². The van der Waals surface area contributed by atoms with Crippen molar-refractivity contribution in [3.63, 3.8) is 0 Å². The molecular weight excluding hydrogens is 230 g/mol. The van der Waals surface area contributed by atoms with Gasteiger partial charge >= 0.3 is 0 Å². The predicted octanol–water partition coefficient (Wildman–Crippen LogP) is 1.10. The molecule has 0 aromatic heterocycles. The zero-order valence-electron chi connectivity index (χ0n) is 11.2. The summed E-state index contributed by atoms with van der Waals surface area (Å²) in [5.41, 5.74) is 7.53. The van der Waals surface area contributed by atoms with E-state index in [1.54, 1.807) is 14.1 Å². The van der Waals surface area contributed by atoms with Crippen LogP contribution in [0.5, 0.6) is 0 Å². The Kier molecular flexibility index (Phi) is 4.44. The summed E-state index contributed by atoms with van der Waals surface area (Å²) in [6.07, 6.45) is -0.511. The lowest BCUT2D eigenvalue weighted by molar-refractivity contribution is -0.129. The van der Waals surface area contributed by atoms with Crippen molar-refractivity contribution in [3.8, 4) is 0 Å². The highest BCUT2D eigenvalue weighted by Gasteiger charge is 2.15. The van der Waals surface area contributed by atoms with Crippen molar-refractivity contribution in [2.75, 3.05) is 19.0 Å². The van der Waals surface area contributed by atoms with Crippen molar-refractivity contribution >= 4 is 17.5 Å². The lowest BCUT2D eigenvalue weighted by Crippen LogP contribution is -2.34. The van der Waals surface area contributed by atoms with Crippen molar-refractivity contribution < 1.29 is 9.59 Å². The quantitative estimate of drug-likeness (QED) is 0.816. The first-order chi connectivity index (χ1) is 8.34. The van der Waals surface area contributed by atoms with E-state index in [2.05, 4.69) is 0 Å². The smallest absolute Gasteiger partial charge is 0.223 e. The molecule has 1 aromatic carbocycles. The molecule has 0 heterocycles. The molecule has 98 valence electrons. The summed E-state index contributed by atoms with van der Waals surface area (Å²) in [4.78, 5) is 25.5. The fourth-order valence-corrected chi connectivity index (χ4v) is 1.52. The molecular formula is C13H19N3O2. The summed E-state index contributed by atoms with van der Waals surface area (Å²) in [5.74, 6) is -0.159. The maximum Gasteiger partial charge on any atom is 0.223 e. The molecule has 2 amide bonds. The van der Waals surface area contributed by atoms with E-state index in [0.29, 0.717) is 0 Å². The molecule has 1 unspecified atom stereocenters. The summed E-state index contributed by atoms with van der Waals surface area (Å²) in [6.45, 7) is 2.96. The molecule has 0 fully saturated rings. The molecule has 0 aliphatic heterocycles. The molecule has 5 nitrogen and oxygen atoms in total. The third-order valence-electron chi connectivity index (χ3n) is 2.99. The van der Waals surface area contributed by atoms with Crippen LogP contribution in [-0.4, -0.2) is 30.8 Å². The van der Waals surface area contributed by atoms with Gasteiger partial charge in [0.25, 0.3) is 0 Å². The maximum atomic E-state index is 11.3. The van der Waals surface area contributed by atoms with Crippen molar-refractivity contribution in [2.45, 2.75) is 20.0 Å². The van der Waals surface area contributed by atoms with Crippen molar-refractivity contribution in [1.82, 2.24) is 4.90 Å². The second-order valence-corrected chi connectivity index (χ2v) is 4.25. The highest BCUT2D eigenvalue weighted by Crippen LogP contribution is 2.20. The summed E-state index contributed by atoms with van der Waals surface area (Å²) >= 11 is 0. The number of amides is 2. The predicted molar refractivity (Wildman–Crippen MR) is 70.9 cm³/mol. The van der Waals surface area contributed by atoms with Gasteiger partial charge in [0, 0.05) is 33.6 Å². The average Bonchev–Trinajstić information content (AvgIpc) is 2.35. The minimum absolute atomic E-state index is 0.0550. The monoisotopic (exact) mass is 249 g/mol. The van der Waals surface area contributed by atoms with E-state index in [1.807, 2.05) is 24.3 Å². The molecule has 0 radical (unpaired) electrons. The van der Waals surface area contributed by atoms with E-state index in [9.17, 15) is 9.59 Å². The number of carbonyl (C=O) groups excluding carboxylic acids is 2. The first-order valence-corrected chi connectivity index (χ1v) is 5.68. The Bertz CT molecular complexity index is 459. The molecule has 0 saturated carbocycles. The molecule has 1 atom stereocenters. The first kappa shape index (κ1) is 14.2. The van der Waals surface area contributed by atoms with E-state index in [-0.39, 0.29) is 11.8 Å². The molecule has 0 spiro atoms. The van der Waals surface area contributed by atoms with Gasteiger partial charge in [-0.05, 0) is 17.7 Å². The van der Waals surface area contributed by atoms with Crippen LogP contribution in [0, 0.1) is 0 Å². The molecule has 0 aliphatic rings. The lowest BCUT2D eigenvalue weighted by atomic mass is 10.1. The highest BCUT2D eigenvalue weighted by atomic mass is 16.2. The standard InChI is InChI=1S/C13H19N3O2/c1-9(17)15(3)12-7-5-6-11(8-12)13(14)16(4)10(2)18/h5-8,13H,14H2,1-4H3. The Balaban J connectivity index is 3.01. The number of rotatable bonds is 3. The topological polar surface area (TPSA) is 66.6 Å².